The molecule has 1 aromatic carbocycles. The van der Waals surface area contributed by atoms with Gasteiger partial charge in [0.25, 0.3) is 0 Å². The zero-order valence-electron chi connectivity index (χ0n) is 6.70. The molecule has 0 radical (unpaired) electrons. The quantitative estimate of drug-likeness (QED) is 0.673. The normalized spacial score (nSPS) is 9.85. The Labute approximate surface area is 72.4 Å². The second kappa shape index (κ2) is 3.47. The maximum atomic E-state index is 12.8. The van der Waals surface area contributed by atoms with Gasteiger partial charge in [-0.15, -0.1) is 0 Å². The van der Waals surface area contributed by atoms with Gasteiger partial charge >= 0.3 is 0 Å². The Morgan fingerprint density at radius 3 is 2.23 bits per heavy atom. The van der Waals surface area contributed by atoms with E-state index in [4.69, 9.17) is 0 Å². The molecule has 0 saturated carbocycles. The number of benzene rings is 1. The van der Waals surface area contributed by atoms with Gasteiger partial charge < -0.3 is 5.32 Å². The summed E-state index contributed by atoms with van der Waals surface area (Å²) in [6, 6.07) is 0.965. The zero-order chi connectivity index (χ0) is 10.0. The number of nitrogens with one attached hydrogen (secondary N) is 1. The minimum Gasteiger partial charge on any atom is -0.324 e. The third kappa shape index (κ3) is 2.21. The van der Waals surface area contributed by atoms with E-state index >= 15 is 0 Å². The van der Waals surface area contributed by atoms with Crippen molar-refractivity contribution in [2.75, 3.05) is 5.32 Å². The van der Waals surface area contributed by atoms with Crippen LogP contribution in [0.3, 0.4) is 0 Å². The second-order valence-electron chi connectivity index (χ2n) is 2.43. The number of carbonyl (C=O) groups excluding carboxylic acids is 1. The molecule has 5 heteroatoms. The summed E-state index contributed by atoms with van der Waals surface area (Å²) in [6.07, 6.45) is 0. The molecule has 1 N–H and O–H groups in total. The van der Waals surface area contributed by atoms with Crippen molar-refractivity contribution in [1.82, 2.24) is 0 Å². The van der Waals surface area contributed by atoms with Crippen LogP contribution in [0.2, 0.25) is 0 Å². The number of amides is 1. The molecule has 1 amide bonds. The molecule has 0 fully saturated rings. The van der Waals surface area contributed by atoms with Crippen molar-refractivity contribution in [3.05, 3.63) is 29.6 Å². The largest absolute Gasteiger partial charge is 0.324 e. The Hall–Kier alpha value is -1.52. The second-order valence-corrected chi connectivity index (χ2v) is 2.43. The van der Waals surface area contributed by atoms with Crippen molar-refractivity contribution in [2.24, 2.45) is 0 Å². The van der Waals surface area contributed by atoms with Crippen LogP contribution in [0.25, 0.3) is 0 Å². The van der Waals surface area contributed by atoms with Crippen LogP contribution in [-0.2, 0) is 4.79 Å². The maximum absolute atomic E-state index is 12.8. The fourth-order valence-electron chi connectivity index (χ4n) is 0.808. The summed E-state index contributed by atoms with van der Waals surface area (Å²) < 4.78 is 37.7. The molecule has 0 aliphatic rings. The van der Waals surface area contributed by atoms with Crippen molar-refractivity contribution in [2.45, 2.75) is 6.92 Å². The first kappa shape index (κ1) is 9.57. The molecule has 0 aromatic heterocycles. The Bertz CT molecular complexity index is 351. The van der Waals surface area contributed by atoms with Crippen molar-refractivity contribution < 1.29 is 18.0 Å². The highest BCUT2D eigenvalue weighted by atomic mass is 19.2. The molecule has 1 aromatic rings. The molecule has 0 spiro atoms. The predicted molar refractivity (Wildman–Crippen MR) is 40.6 cm³/mol. The van der Waals surface area contributed by atoms with E-state index < -0.39 is 23.4 Å². The molecular formula is C8H6F3NO. The maximum Gasteiger partial charge on any atom is 0.221 e. The third-order valence-corrected chi connectivity index (χ3v) is 1.32. The van der Waals surface area contributed by atoms with Gasteiger partial charge in [0.2, 0.25) is 5.91 Å². The van der Waals surface area contributed by atoms with Gasteiger partial charge in [-0.3, -0.25) is 4.79 Å². The summed E-state index contributed by atoms with van der Waals surface area (Å²) in [7, 11) is 0. The van der Waals surface area contributed by atoms with E-state index in [1.54, 1.807) is 0 Å². The molecule has 70 valence electrons. The van der Waals surface area contributed by atoms with E-state index in [-0.39, 0.29) is 5.69 Å². The number of rotatable bonds is 1. The Morgan fingerprint density at radius 1 is 1.15 bits per heavy atom. The van der Waals surface area contributed by atoms with Gasteiger partial charge in [-0.05, 0) is 0 Å². The van der Waals surface area contributed by atoms with Gasteiger partial charge in [0.05, 0.1) is 5.69 Å². The van der Waals surface area contributed by atoms with Crippen LogP contribution < -0.4 is 5.32 Å². The van der Waals surface area contributed by atoms with Gasteiger partial charge in [0.15, 0.2) is 11.6 Å². The topological polar surface area (TPSA) is 29.1 Å². The van der Waals surface area contributed by atoms with Crippen molar-refractivity contribution in [1.29, 1.82) is 0 Å². The van der Waals surface area contributed by atoms with E-state index in [0.29, 0.717) is 12.1 Å². The lowest BCUT2D eigenvalue weighted by molar-refractivity contribution is -0.114. The van der Waals surface area contributed by atoms with Crippen molar-refractivity contribution >= 4 is 11.6 Å². The molecule has 0 bridgehead atoms. The van der Waals surface area contributed by atoms with Crippen LogP contribution in [-0.4, -0.2) is 5.91 Å². The SMILES string of the molecule is CC(=O)Nc1cc(F)c(F)cc1F. The number of carbonyl (C=O) groups is 1. The van der Waals surface area contributed by atoms with Crippen LogP contribution in [0, 0.1) is 17.5 Å². The number of anilines is 1. The van der Waals surface area contributed by atoms with Crippen molar-refractivity contribution in [3.8, 4) is 0 Å². The molecule has 0 aliphatic carbocycles. The zero-order valence-corrected chi connectivity index (χ0v) is 6.70. The number of hydrogen-bond acceptors (Lipinski definition) is 1. The molecule has 0 unspecified atom stereocenters. The van der Waals surface area contributed by atoms with Gasteiger partial charge in [-0.2, -0.15) is 0 Å². The molecule has 0 saturated heterocycles. The van der Waals surface area contributed by atoms with E-state index in [1.165, 1.54) is 0 Å². The molecule has 1 rings (SSSR count). The van der Waals surface area contributed by atoms with E-state index in [1.807, 2.05) is 5.32 Å². The van der Waals surface area contributed by atoms with Gasteiger partial charge in [-0.25, -0.2) is 13.2 Å². The van der Waals surface area contributed by atoms with Gasteiger partial charge in [0.1, 0.15) is 5.82 Å². The summed E-state index contributed by atoms with van der Waals surface area (Å²) in [5, 5.41) is 2.02. The van der Waals surface area contributed by atoms with Crippen LogP contribution in [0.5, 0.6) is 0 Å². The fourth-order valence-corrected chi connectivity index (χ4v) is 0.808. The molecule has 0 aliphatic heterocycles. The van der Waals surface area contributed by atoms with Gasteiger partial charge in [-0.1, -0.05) is 0 Å². The first-order chi connectivity index (χ1) is 6.00. The summed E-state index contributed by atoms with van der Waals surface area (Å²) in [6.45, 7) is 1.14. The monoisotopic (exact) mass is 189 g/mol. The summed E-state index contributed by atoms with van der Waals surface area (Å²) in [5.74, 6) is -4.05. The van der Waals surface area contributed by atoms with Crippen LogP contribution >= 0.6 is 0 Å². The van der Waals surface area contributed by atoms with E-state index in [2.05, 4.69) is 0 Å². The third-order valence-electron chi connectivity index (χ3n) is 1.32. The Kier molecular flexibility index (Phi) is 2.55. The first-order valence-corrected chi connectivity index (χ1v) is 3.43. The van der Waals surface area contributed by atoms with E-state index in [9.17, 15) is 18.0 Å². The van der Waals surface area contributed by atoms with Crippen molar-refractivity contribution in [3.63, 3.8) is 0 Å². The van der Waals surface area contributed by atoms with Crippen LogP contribution in [0.1, 0.15) is 6.92 Å². The molecule has 0 atom stereocenters. The minimum absolute atomic E-state index is 0.369. The Morgan fingerprint density at radius 2 is 1.69 bits per heavy atom. The highest BCUT2D eigenvalue weighted by Crippen LogP contribution is 2.17. The lowest BCUT2D eigenvalue weighted by Crippen LogP contribution is -2.08. The average Bonchev–Trinajstić information content (AvgIpc) is 1.99. The fraction of sp³-hybridized carbons (Fsp3) is 0.125. The summed E-state index contributed by atoms with van der Waals surface area (Å²) in [4.78, 5) is 10.5. The number of hydrogen-bond donors (Lipinski definition) is 1. The minimum atomic E-state index is -1.29. The van der Waals surface area contributed by atoms with Crippen LogP contribution in [0.4, 0.5) is 18.9 Å². The van der Waals surface area contributed by atoms with Crippen LogP contribution in [0.15, 0.2) is 12.1 Å². The lowest BCUT2D eigenvalue weighted by Gasteiger charge is -2.03. The van der Waals surface area contributed by atoms with E-state index in [0.717, 1.165) is 6.92 Å². The standard InChI is InChI=1S/C8H6F3NO/c1-4(13)12-8-3-6(10)5(9)2-7(8)11/h2-3H,1H3,(H,12,13). The first-order valence-electron chi connectivity index (χ1n) is 3.43. The smallest absolute Gasteiger partial charge is 0.221 e. The highest BCUT2D eigenvalue weighted by molar-refractivity contribution is 5.88. The molecular weight excluding hydrogens is 183 g/mol. The lowest BCUT2D eigenvalue weighted by atomic mass is 10.3. The average molecular weight is 189 g/mol. The van der Waals surface area contributed by atoms with Gasteiger partial charge in [0, 0.05) is 19.1 Å². The molecule has 2 nitrogen and oxygen atoms in total. The molecule has 0 heterocycles. The predicted octanol–water partition coefficient (Wildman–Crippen LogP) is 2.06. The molecule has 13 heavy (non-hydrogen) atoms. The Balaban J connectivity index is 3.08. The summed E-state index contributed by atoms with van der Waals surface area (Å²) >= 11 is 0. The summed E-state index contributed by atoms with van der Waals surface area (Å²) in [5.41, 5.74) is -0.369. The highest BCUT2D eigenvalue weighted by Gasteiger charge is 2.09. The number of halogens is 3.